The Morgan fingerprint density at radius 3 is 2.38 bits per heavy atom. The fourth-order valence-electron chi connectivity index (χ4n) is 2.17. The number of rotatable bonds is 6. The normalized spacial score (nSPS) is 11.3. The molecule has 0 aromatic heterocycles. The van der Waals surface area contributed by atoms with Gasteiger partial charge in [-0.25, -0.2) is 0 Å². The SMILES string of the molecule is CCc1ccc(O[C@H](C)C(=O)NNC(=O)c2ccccc2[N+](=O)[O-])cc1. The number of nitro groups is 1. The summed E-state index contributed by atoms with van der Waals surface area (Å²) in [5, 5.41) is 10.9. The van der Waals surface area contributed by atoms with E-state index in [2.05, 4.69) is 10.9 Å². The molecule has 0 aliphatic carbocycles. The minimum absolute atomic E-state index is 0.151. The molecule has 8 nitrogen and oxygen atoms in total. The molecule has 2 rings (SSSR count). The van der Waals surface area contributed by atoms with E-state index in [4.69, 9.17) is 4.74 Å². The predicted molar refractivity (Wildman–Crippen MR) is 94.6 cm³/mol. The Labute approximate surface area is 150 Å². The van der Waals surface area contributed by atoms with Gasteiger partial charge in [0.1, 0.15) is 11.3 Å². The van der Waals surface area contributed by atoms with E-state index in [0.717, 1.165) is 12.0 Å². The van der Waals surface area contributed by atoms with Crippen LogP contribution in [0.4, 0.5) is 5.69 Å². The fourth-order valence-corrected chi connectivity index (χ4v) is 2.17. The molecule has 2 N–H and O–H groups in total. The number of hydrogen-bond donors (Lipinski definition) is 2. The highest BCUT2D eigenvalue weighted by molar-refractivity contribution is 5.99. The minimum Gasteiger partial charge on any atom is -0.481 e. The zero-order chi connectivity index (χ0) is 19.1. The van der Waals surface area contributed by atoms with Gasteiger partial charge in [-0.15, -0.1) is 0 Å². The predicted octanol–water partition coefficient (Wildman–Crippen LogP) is 2.39. The van der Waals surface area contributed by atoms with Crippen LogP contribution in [0.25, 0.3) is 0 Å². The Kier molecular flexibility index (Phi) is 6.26. The van der Waals surface area contributed by atoms with Crippen molar-refractivity contribution in [1.82, 2.24) is 10.9 Å². The van der Waals surface area contributed by atoms with E-state index in [0.29, 0.717) is 5.75 Å². The maximum atomic E-state index is 12.1. The molecule has 2 aromatic rings. The molecule has 2 amide bonds. The molecule has 0 aliphatic rings. The number of benzene rings is 2. The first-order valence-electron chi connectivity index (χ1n) is 8.01. The van der Waals surface area contributed by atoms with Crippen molar-refractivity contribution in [2.75, 3.05) is 0 Å². The van der Waals surface area contributed by atoms with Crippen LogP contribution >= 0.6 is 0 Å². The van der Waals surface area contributed by atoms with Crippen LogP contribution in [-0.2, 0) is 11.2 Å². The van der Waals surface area contributed by atoms with Gasteiger partial charge in [0, 0.05) is 6.07 Å². The lowest BCUT2D eigenvalue weighted by Gasteiger charge is -2.15. The summed E-state index contributed by atoms with van der Waals surface area (Å²) in [4.78, 5) is 34.4. The number of hydrogen-bond acceptors (Lipinski definition) is 5. The van der Waals surface area contributed by atoms with Gasteiger partial charge in [0.15, 0.2) is 6.10 Å². The van der Waals surface area contributed by atoms with Crippen molar-refractivity contribution in [3.05, 3.63) is 69.8 Å². The van der Waals surface area contributed by atoms with Crippen LogP contribution < -0.4 is 15.6 Å². The van der Waals surface area contributed by atoms with Gasteiger partial charge in [-0.2, -0.15) is 0 Å². The lowest BCUT2D eigenvalue weighted by Crippen LogP contribution is -2.47. The van der Waals surface area contributed by atoms with E-state index in [1.807, 2.05) is 19.1 Å². The van der Waals surface area contributed by atoms with E-state index < -0.39 is 22.8 Å². The minimum atomic E-state index is -0.867. The first-order chi connectivity index (χ1) is 12.4. The van der Waals surface area contributed by atoms with E-state index in [1.165, 1.54) is 31.2 Å². The third kappa shape index (κ3) is 4.79. The Balaban J connectivity index is 1.93. The highest BCUT2D eigenvalue weighted by atomic mass is 16.6. The number of nitro benzene ring substituents is 1. The molecule has 0 unspecified atom stereocenters. The van der Waals surface area contributed by atoms with E-state index in [-0.39, 0.29) is 11.3 Å². The van der Waals surface area contributed by atoms with Crippen LogP contribution in [0.5, 0.6) is 5.75 Å². The summed E-state index contributed by atoms with van der Waals surface area (Å²) in [6, 6.07) is 12.8. The largest absolute Gasteiger partial charge is 0.481 e. The first kappa shape index (κ1) is 18.9. The number of hydrazine groups is 1. The third-order valence-corrected chi connectivity index (χ3v) is 3.66. The molecular formula is C18H19N3O5. The standard InChI is InChI=1S/C18H19N3O5/c1-3-13-8-10-14(11-9-13)26-12(2)17(22)19-20-18(23)15-6-4-5-7-16(15)21(24)25/h4-12H,3H2,1-2H3,(H,19,22)(H,20,23)/t12-/m1/s1. The van der Waals surface area contributed by atoms with Crippen molar-refractivity contribution >= 4 is 17.5 Å². The van der Waals surface area contributed by atoms with Gasteiger partial charge < -0.3 is 4.74 Å². The summed E-state index contributed by atoms with van der Waals surface area (Å²) in [6.45, 7) is 3.56. The van der Waals surface area contributed by atoms with Gasteiger partial charge >= 0.3 is 0 Å². The van der Waals surface area contributed by atoms with Crippen LogP contribution in [0, 0.1) is 10.1 Å². The van der Waals surface area contributed by atoms with E-state index >= 15 is 0 Å². The number of nitrogens with one attached hydrogen (secondary N) is 2. The highest BCUT2D eigenvalue weighted by Gasteiger charge is 2.21. The van der Waals surface area contributed by atoms with E-state index in [1.54, 1.807) is 12.1 Å². The molecular weight excluding hydrogens is 338 g/mol. The van der Waals surface area contributed by atoms with Crippen LogP contribution in [0.3, 0.4) is 0 Å². The number of aryl methyl sites for hydroxylation is 1. The maximum Gasteiger partial charge on any atom is 0.282 e. The van der Waals surface area contributed by atoms with Gasteiger partial charge in [-0.1, -0.05) is 31.2 Å². The topological polar surface area (TPSA) is 111 Å². The summed E-state index contributed by atoms with van der Waals surface area (Å²) in [6.07, 6.45) is 0.0297. The zero-order valence-electron chi connectivity index (χ0n) is 14.4. The molecule has 0 heterocycles. The molecule has 0 saturated carbocycles. The first-order valence-corrected chi connectivity index (χ1v) is 8.01. The lowest BCUT2D eigenvalue weighted by atomic mass is 10.2. The molecule has 0 bridgehead atoms. The van der Waals surface area contributed by atoms with Gasteiger partial charge in [-0.05, 0) is 37.1 Å². The maximum absolute atomic E-state index is 12.1. The highest BCUT2D eigenvalue weighted by Crippen LogP contribution is 2.17. The summed E-state index contributed by atoms with van der Waals surface area (Å²) >= 11 is 0. The van der Waals surface area contributed by atoms with Crippen molar-refractivity contribution in [3.63, 3.8) is 0 Å². The molecule has 0 radical (unpaired) electrons. The van der Waals surface area contributed by atoms with Gasteiger partial charge in [0.25, 0.3) is 17.5 Å². The monoisotopic (exact) mass is 357 g/mol. The van der Waals surface area contributed by atoms with Crippen molar-refractivity contribution in [1.29, 1.82) is 0 Å². The number of nitrogens with zero attached hydrogens (tertiary/aromatic N) is 1. The number of amides is 2. The zero-order valence-corrected chi connectivity index (χ0v) is 14.4. The molecule has 0 spiro atoms. The number of para-hydroxylation sites is 1. The lowest BCUT2D eigenvalue weighted by molar-refractivity contribution is -0.385. The van der Waals surface area contributed by atoms with Crippen molar-refractivity contribution in [2.24, 2.45) is 0 Å². The molecule has 0 aliphatic heterocycles. The van der Waals surface area contributed by atoms with Crippen molar-refractivity contribution in [2.45, 2.75) is 26.4 Å². The molecule has 0 saturated heterocycles. The Morgan fingerprint density at radius 1 is 1.12 bits per heavy atom. The van der Waals surface area contributed by atoms with Crippen molar-refractivity contribution < 1.29 is 19.2 Å². The van der Waals surface area contributed by atoms with E-state index in [9.17, 15) is 19.7 Å². The summed E-state index contributed by atoms with van der Waals surface area (Å²) in [5.74, 6) is -0.850. The summed E-state index contributed by atoms with van der Waals surface area (Å²) in [7, 11) is 0. The molecule has 0 fully saturated rings. The Hall–Kier alpha value is -3.42. The third-order valence-electron chi connectivity index (χ3n) is 3.66. The number of ether oxygens (including phenoxy) is 1. The fraction of sp³-hybridized carbons (Fsp3) is 0.222. The molecule has 26 heavy (non-hydrogen) atoms. The second-order valence-corrected chi connectivity index (χ2v) is 5.48. The van der Waals surface area contributed by atoms with Gasteiger partial charge in [0.05, 0.1) is 4.92 Å². The van der Waals surface area contributed by atoms with Gasteiger partial charge in [0.2, 0.25) is 0 Å². The number of carbonyl (C=O) groups is 2. The average Bonchev–Trinajstić information content (AvgIpc) is 2.66. The second-order valence-electron chi connectivity index (χ2n) is 5.48. The molecule has 136 valence electrons. The summed E-state index contributed by atoms with van der Waals surface area (Å²) in [5.41, 5.74) is 5.01. The molecule has 1 atom stereocenters. The molecule has 2 aromatic carbocycles. The van der Waals surface area contributed by atoms with Crippen LogP contribution in [0.2, 0.25) is 0 Å². The van der Waals surface area contributed by atoms with Crippen LogP contribution in [-0.4, -0.2) is 22.8 Å². The number of carbonyl (C=O) groups excluding carboxylic acids is 2. The molecule has 8 heteroatoms. The summed E-state index contributed by atoms with van der Waals surface area (Å²) < 4.78 is 5.50. The van der Waals surface area contributed by atoms with Crippen molar-refractivity contribution in [3.8, 4) is 5.75 Å². The smallest absolute Gasteiger partial charge is 0.282 e. The van der Waals surface area contributed by atoms with Crippen LogP contribution in [0.15, 0.2) is 48.5 Å². The quantitative estimate of drug-likeness (QED) is 0.609. The second kappa shape index (κ2) is 8.61. The average molecular weight is 357 g/mol. The Morgan fingerprint density at radius 2 is 1.77 bits per heavy atom. The Bertz CT molecular complexity index is 805. The van der Waals surface area contributed by atoms with Crippen LogP contribution in [0.1, 0.15) is 29.8 Å². The van der Waals surface area contributed by atoms with Gasteiger partial charge in [-0.3, -0.25) is 30.6 Å².